The van der Waals surface area contributed by atoms with Crippen molar-refractivity contribution < 1.29 is 0 Å². The van der Waals surface area contributed by atoms with Crippen LogP contribution in [0.4, 0.5) is 0 Å². The summed E-state index contributed by atoms with van der Waals surface area (Å²) >= 11 is 0. The molecule has 0 aromatic carbocycles. The Kier molecular flexibility index (Phi) is 1.86. The van der Waals surface area contributed by atoms with Crippen LogP contribution >= 0.6 is 0 Å². The molecule has 0 aliphatic carbocycles. The first-order chi connectivity index (χ1) is 4.34. The van der Waals surface area contributed by atoms with Gasteiger partial charge in [0.05, 0.1) is 6.07 Å². The Hall–Kier alpha value is -0.810. The van der Waals surface area contributed by atoms with Crippen molar-refractivity contribution in [2.45, 2.75) is 6.42 Å². The minimum Gasteiger partial charge on any atom is -0.312 e. The summed E-state index contributed by atoms with van der Waals surface area (Å²) in [5.74, 6) is 0.412. The summed E-state index contributed by atoms with van der Waals surface area (Å²) in [6.07, 6.45) is 0.617. The van der Waals surface area contributed by atoms with E-state index < -0.39 is 0 Å². The van der Waals surface area contributed by atoms with Gasteiger partial charge in [-0.2, -0.15) is 5.26 Å². The number of nitrogens with one attached hydrogen (secondary N) is 1. The lowest BCUT2D eigenvalue weighted by molar-refractivity contribution is 0.670. The Labute approximate surface area is 55.2 Å². The summed E-state index contributed by atoms with van der Waals surface area (Å²) in [6.45, 7) is 5.67. The van der Waals surface area contributed by atoms with Gasteiger partial charge in [0.15, 0.2) is 0 Å². The maximum atomic E-state index is 8.33. The highest BCUT2D eigenvalue weighted by molar-refractivity contribution is 5.10. The van der Waals surface area contributed by atoms with Gasteiger partial charge in [-0.15, -0.1) is 0 Å². The van der Waals surface area contributed by atoms with E-state index in [1.807, 2.05) is 0 Å². The molecule has 2 heteroatoms. The van der Waals surface area contributed by atoms with Crippen molar-refractivity contribution in [2.24, 2.45) is 5.92 Å². The van der Waals surface area contributed by atoms with Crippen LogP contribution < -0.4 is 5.32 Å². The van der Waals surface area contributed by atoms with Crippen LogP contribution in [0.5, 0.6) is 0 Å². The number of nitriles is 1. The van der Waals surface area contributed by atoms with E-state index in [2.05, 4.69) is 18.0 Å². The number of hydrogen-bond donors (Lipinski definition) is 1. The van der Waals surface area contributed by atoms with E-state index in [9.17, 15) is 0 Å². The molecule has 0 bridgehead atoms. The Bertz CT molecular complexity index is 155. The van der Waals surface area contributed by atoms with Crippen molar-refractivity contribution in [1.82, 2.24) is 5.32 Å². The second kappa shape index (κ2) is 2.65. The molecule has 1 heterocycles. The molecular weight excluding hydrogens is 112 g/mol. The number of nitrogens with zero attached hydrogens (tertiary/aromatic N) is 1. The normalized spacial score (nSPS) is 26.1. The van der Waals surface area contributed by atoms with Crippen molar-refractivity contribution >= 4 is 0 Å². The molecule has 9 heavy (non-hydrogen) atoms. The summed E-state index contributed by atoms with van der Waals surface area (Å²) < 4.78 is 0. The van der Waals surface area contributed by atoms with E-state index in [-0.39, 0.29) is 0 Å². The Morgan fingerprint density at radius 2 is 2.67 bits per heavy atom. The molecule has 2 nitrogen and oxygen atoms in total. The van der Waals surface area contributed by atoms with E-state index in [0.29, 0.717) is 12.3 Å². The average molecular weight is 122 g/mol. The van der Waals surface area contributed by atoms with Crippen LogP contribution in [0.2, 0.25) is 0 Å². The smallest absolute Gasteiger partial charge is 0.0628 e. The third-order valence-electron chi connectivity index (χ3n) is 1.66. The first-order valence-electron chi connectivity index (χ1n) is 3.10. The zero-order valence-corrected chi connectivity index (χ0v) is 5.35. The van der Waals surface area contributed by atoms with Crippen molar-refractivity contribution in [2.75, 3.05) is 13.1 Å². The Morgan fingerprint density at radius 3 is 3.11 bits per heavy atom. The molecule has 1 aliphatic heterocycles. The van der Waals surface area contributed by atoms with Crippen LogP contribution in [-0.4, -0.2) is 13.1 Å². The van der Waals surface area contributed by atoms with Crippen molar-refractivity contribution in [1.29, 1.82) is 5.26 Å². The van der Waals surface area contributed by atoms with Crippen LogP contribution in [0.1, 0.15) is 6.42 Å². The van der Waals surface area contributed by atoms with Gasteiger partial charge < -0.3 is 5.32 Å². The van der Waals surface area contributed by atoms with Crippen molar-refractivity contribution in [3.63, 3.8) is 0 Å². The molecule has 0 spiro atoms. The second-order valence-electron chi connectivity index (χ2n) is 2.35. The average Bonchev–Trinajstić information content (AvgIpc) is 2.18. The molecule has 0 aromatic heterocycles. The minimum absolute atomic E-state index is 0.412. The van der Waals surface area contributed by atoms with E-state index in [4.69, 9.17) is 5.26 Å². The Balaban J connectivity index is 2.42. The lowest BCUT2D eigenvalue weighted by Crippen LogP contribution is -2.08. The highest BCUT2D eigenvalue weighted by Crippen LogP contribution is 2.15. The molecule has 48 valence electrons. The fourth-order valence-electron chi connectivity index (χ4n) is 1.02. The first kappa shape index (κ1) is 6.31. The summed E-state index contributed by atoms with van der Waals surface area (Å²) in [5.41, 5.74) is 1.18. The molecule has 0 saturated carbocycles. The summed E-state index contributed by atoms with van der Waals surface area (Å²) in [6, 6.07) is 2.14. The van der Waals surface area contributed by atoms with Gasteiger partial charge in [-0.3, -0.25) is 0 Å². The van der Waals surface area contributed by atoms with Crippen molar-refractivity contribution in [3.8, 4) is 6.07 Å². The highest BCUT2D eigenvalue weighted by Gasteiger charge is 2.17. The fraction of sp³-hybridized carbons (Fsp3) is 0.571. The summed E-state index contributed by atoms with van der Waals surface area (Å²) in [5, 5.41) is 11.5. The molecule has 1 saturated heterocycles. The van der Waals surface area contributed by atoms with Crippen LogP contribution in [-0.2, 0) is 0 Å². The third kappa shape index (κ3) is 1.30. The first-order valence-corrected chi connectivity index (χ1v) is 3.10. The standard InChI is InChI=1S/C7H10N2/c1-6-4-9-5-7(6)2-3-8/h7,9H,1-2,4-5H2/t7-/m1/s1. The predicted octanol–water partition coefficient (Wildman–Crippen LogP) is 0.676. The number of rotatable bonds is 1. The van der Waals surface area contributed by atoms with E-state index >= 15 is 0 Å². The second-order valence-corrected chi connectivity index (χ2v) is 2.35. The molecular formula is C7H10N2. The molecule has 0 radical (unpaired) electrons. The topological polar surface area (TPSA) is 35.8 Å². The van der Waals surface area contributed by atoms with Crippen LogP contribution in [0.3, 0.4) is 0 Å². The lowest BCUT2D eigenvalue weighted by Gasteiger charge is -2.00. The van der Waals surface area contributed by atoms with Gasteiger partial charge in [-0.05, 0) is 0 Å². The largest absolute Gasteiger partial charge is 0.312 e. The molecule has 0 unspecified atom stereocenters. The fourth-order valence-corrected chi connectivity index (χ4v) is 1.02. The highest BCUT2D eigenvalue weighted by atomic mass is 14.9. The Morgan fingerprint density at radius 1 is 1.89 bits per heavy atom. The van der Waals surface area contributed by atoms with Gasteiger partial charge in [0.25, 0.3) is 0 Å². The predicted molar refractivity (Wildman–Crippen MR) is 35.7 cm³/mol. The molecule has 1 aliphatic rings. The third-order valence-corrected chi connectivity index (χ3v) is 1.66. The summed E-state index contributed by atoms with van der Waals surface area (Å²) in [4.78, 5) is 0. The quantitative estimate of drug-likeness (QED) is 0.519. The monoisotopic (exact) mass is 122 g/mol. The van der Waals surface area contributed by atoms with Gasteiger partial charge in [-0.1, -0.05) is 12.2 Å². The van der Waals surface area contributed by atoms with Crippen molar-refractivity contribution in [3.05, 3.63) is 12.2 Å². The van der Waals surface area contributed by atoms with E-state index in [1.165, 1.54) is 5.57 Å². The number of hydrogen-bond acceptors (Lipinski definition) is 2. The van der Waals surface area contributed by atoms with Gasteiger partial charge in [-0.25, -0.2) is 0 Å². The summed E-state index contributed by atoms with van der Waals surface area (Å²) in [7, 11) is 0. The molecule has 1 atom stereocenters. The van der Waals surface area contributed by atoms with Gasteiger partial charge >= 0.3 is 0 Å². The SMILES string of the molecule is C=C1CNC[C@H]1CC#N. The van der Waals surface area contributed by atoms with Gasteiger partial charge in [0, 0.05) is 25.4 Å². The molecule has 1 fully saturated rings. The maximum absolute atomic E-state index is 8.33. The van der Waals surface area contributed by atoms with Crippen LogP contribution in [0.25, 0.3) is 0 Å². The zero-order valence-electron chi connectivity index (χ0n) is 5.35. The van der Waals surface area contributed by atoms with E-state index in [1.54, 1.807) is 0 Å². The maximum Gasteiger partial charge on any atom is 0.0628 e. The molecule has 1 rings (SSSR count). The molecule has 0 aromatic rings. The lowest BCUT2D eigenvalue weighted by atomic mass is 10.0. The zero-order chi connectivity index (χ0) is 6.69. The molecule has 1 N–H and O–H groups in total. The van der Waals surface area contributed by atoms with E-state index in [0.717, 1.165) is 13.1 Å². The molecule has 0 amide bonds. The van der Waals surface area contributed by atoms with Gasteiger partial charge in [0.2, 0.25) is 0 Å². The minimum atomic E-state index is 0.412. The van der Waals surface area contributed by atoms with Crippen LogP contribution in [0, 0.1) is 17.2 Å². The van der Waals surface area contributed by atoms with Gasteiger partial charge in [0.1, 0.15) is 0 Å². The van der Waals surface area contributed by atoms with Crippen LogP contribution in [0.15, 0.2) is 12.2 Å².